The first-order chi connectivity index (χ1) is 14.0. The van der Waals surface area contributed by atoms with E-state index in [2.05, 4.69) is 15.5 Å². The van der Waals surface area contributed by atoms with Crippen molar-refractivity contribution in [2.75, 3.05) is 5.32 Å². The van der Waals surface area contributed by atoms with Crippen molar-refractivity contribution in [2.24, 2.45) is 0 Å². The summed E-state index contributed by atoms with van der Waals surface area (Å²) in [6.45, 7) is 0. The van der Waals surface area contributed by atoms with Gasteiger partial charge >= 0.3 is 5.97 Å². The molecule has 0 amide bonds. The van der Waals surface area contributed by atoms with Crippen LogP contribution in [0.4, 0.5) is 5.82 Å². The Morgan fingerprint density at radius 3 is 2.55 bits per heavy atom. The lowest BCUT2D eigenvalue weighted by Gasteiger charge is -2.34. The molecule has 0 saturated heterocycles. The molecule has 29 heavy (non-hydrogen) atoms. The maximum Gasteiger partial charge on any atom is 0.335 e. The molecule has 1 aliphatic carbocycles. The number of anilines is 1. The molecule has 2 aliphatic rings. The fourth-order valence-electron chi connectivity index (χ4n) is 4.30. The number of carboxylic acids is 1. The second-order valence-corrected chi connectivity index (χ2v) is 8.27. The summed E-state index contributed by atoms with van der Waals surface area (Å²) in [5.41, 5.74) is 2.45. The minimum atomic E-state index is -1.02. The molecule has 7 nitrogen and oxygen atoms in total. The highest BCUT2D eigenvalue weighted by molar-refractivity contribution is 7.10. The van der Waals surface area contributed by atoms with E-state index in [4.69, 9.17) is 0 Å². The van der Waals surface area contributed by atoms with Gasteiger partial charge in [0.25, 0.3) is 5.56 Å². The van der Waals surface area contributed by atoms with Gasteiger partial charge in [-0.25, -0.2) is 4.79 Å². The van der Waals surface area contributed by atoms with Crippen LogP contribution < -0.4 is 10.9 Å². The third kappa shape index (κ3) is 2.84. The monoisotopic (exact) mass is 407 g/mol. The van der Waals surface area contributed by atoms with Crippen molar-refractivity contribution >= 4 is 28.9 Å². The van der Waals surface area contributed by atoms with Gasteiger partial charge in [-0.15, -0.1) is 11.3 Å². The smallest absolute Gasteiger partial charge is 0.335 e. The van der Waals surface area contributed by atoms with Crippen LogP contribution in [0.1, 0.15) is 51.0 Å². The van der Waals surface area contributed by atoms with Crippen molar-refractivity contribution < 1.29 is 14.7 Å². The van der Waals surface area contributed by atoms with E-state index in [1.165, 1.54) is 17.0 Å². The molecule has 2 aromatic heterocycles. The first kappa shape index (κ1) is 17.7. The molecular formula is C21H17N3O4S. The number of H-pyrrole nitrogens is 2. The van der Waals surface area contributed by atoms with Crippen LogP contribution in [-0.4, -0.2) is 27.1 Å². The summed E-state index contributed by atoms with van der Waals surface area (Å²) in [5, 5.41) is 19.9. The average Bonchev–Trinajstić information content (AvgIpc) is 3.37. The highest BCUT2D eigenvalue weighted by Crippen LogP contribution is 2.46. The lowest BCUT2D eigenvalue weighted by atomic mass is 9.74. The number of rotatable bonds is 3. The van der Waals surface area contributed by atoms with E-state index in [1.807, 2.05) is 17.5 Å². The van der Waals surface area contributed by atoms with Gasteiger partial charge in [-0.2, -0.15) is 0 Å². The number of benzene rings is 1. The van der Waals surface area contributed by atoms with Crippen LogP contribution >= 0.6 is 11.3 Å². The van der Waals surface area contributed by atoms with Gasteiger partial charge in [-0.05, 0) is 35.6 Å². The zero-order valence-corrected chi connectivity index (χ0v) is 16.0. The zero-order chi connectivity index (χ0) is 20.1. The van der Waals surface area contributed by atoms with Crippen molar-refractivity contribution in [1.29, 1.82) is 0 Å². The molecule has 0 unspecified atom stereocenters. The normalized spacial score (nSPS) is 20.8. The molecule has 0 saturated carbocycles. The summed E-state index contributed by atoms with van der Waals surface area (Å²) in [5.74, 6) is -0.877. The number of ketones is 1. The Bertz CT molecular complexity index is 1200. The Kier molecular flexibility index (Phi) is 4.02. The summed E-state index contributed by atoms with van der Waals surface area (Å²) < 4.78 is 0. The molecular weight excluding hydrogens is 390 g/mol. The Morgan fingerprint density at radius 1 is 1.07 bits per heavy atom. The highest BCUT2D eigenvalue weighted by atomic mass is 32.1. The lowest BCUT2D eigenvalue weighted by Crippen LogP contribution is -2.31. The quantitative estimate of drug-likeness (QED) is 0.531. The average molecular weight is 407 g/mol. The number of allylic oxidation sites excluding steroid dienone is 2. The fourth-order valence-corrected chi connectivity index (χ4v) is 5.13. The van der Waals surface area contributed by atoms with Gasteiger partial charge in [-0.1, -0.05) is 18.2 Å². The predicted molar refractivity (Wildman–Crippen MR) is 109 cm³/mol. The number of carbonyl (C=O) groups is 2. The second kappa shape index (κ2) is 6.59. The Labute approximate surface area is 169 Å². The van der Waals surface area contributed by atoms with E-state index >= 15 is 0 Å². The topological polar surface area (TPSA) is 115 Å². The predicted octanol–water partition coefficient (Wildman–Crippen LogP) is 3.42. The number of carbonyl (C=O) groups excluding carboxylic acids is 1. The number of nitrogens with one attached hydrogen (secondary N) is 3. The number of aromatic nitrogens is 2. The van der Waals surface area contributed by atoms with Crippen LogP contribution in [0.25, 0.3) is 0 Å². The van der Waals surface area contributed by atoms with Crippen LogP contribution in [0.15, 0.2) is 57.8 Å². The number of Topliss-reactive ketones (excluding diaryl/α,β-unsaturated/α-hetero) is 1. The summed E-state index contributed by atoms with van der Waals surface area (Å²) in [6, 6.07) is 10.4. The molecule has 0 fully saturated rings. The first-order valence-electron chi connectivity index (χ1n) is 9.23. The molecule has 8 heteroatoms. The van der Waals surface area contributed by atoms with E-state index in [9.17, 15) is 19.5 Å². The summed E-state index contributed by atoms with van der Waals surface area (Å²) in [6.07, 6.45) is 1.07. The van der Waals surface area contributed by atoms with Crippen molar-refractivity contribution in [3.8, 4) is 0 Å². The minimum absolute atomic E-state index is 0.00992. The summed E-state index contributed by atoms with van der Waals surface area (Å²) in [7, 11) is 0. The lowest BCUT2D eigenvalue weighted by molar-refractivity contribution is -0.116. The zero-order valence-electron chi connectivity index (χ0n) is 15.2. The molecule has 3 aromatic rings. The third-order valence-corrected chi connectivity index (χ3v) is 6.65. The van der Waals surface area contributed by atoms with E-state index < -0.39 is 11.9 Å². The Balaban J connectivity index is 1.63. The number of fused-ring (bicyclic) bond motifs is 1. The van der Waals surface area contributed by atoms with Crippen molar-refractivity contribution in [1.82, 2.24) is 10.2 Å². The van der Waals surface area contributed by atoms with Crippen LogP contribution in [0.2, 0.25) is 0 Å². The number of thiophene rings is 1. The maximum absolute atomic E-state index is 13.2. The van der Waals surface area contributed by atoms with Crippen molar-refractivity contribution in [3.63, 3.8) is 0 Å². The van der Waals surface area contributed by atoms with Gasteiger partial charge < -0.3 is 10.4 Å². The standard InChI is InChI=1S/C21H17N3O4S/c25-14-9-12(15-2-1-7-29-15)8-13-17(14)16(18-19(22-13)23-24-20(18)26)10-3-5-11(6-4-10)21(27)28/h1-7,12,16H,8-9H2,(H,27,28)(H3,22,23,24,26)/t12-,16-/m0/s1. The van der Waals surface area contributed by atoms with E-state index in [0.717, 1.165) is 11.3 Å². The molecule has 0 bridgehead atoms. The van der Waals surface area contributed by atoms with E-state index in [-0.39, 0.29) is 22.8 Å². The summed E-state index contributed by atoms with van der Waals surface area (Å²) >= 11 is 1.64. The number of carboxylic acid groups (broad SMARTS) is 1. The molecule has 2 atom stereocenters. The van der Waals surface area contributed by atoms with Gasteiger partial charge in [0.15, 0.2) is 5.78 Å². The second-order valence-electron chi connectivity index (χ2n) is 7.29. The van der Waals surface area contributed by atoms with Gasteiger partial charge in [-0.3, -0.25) is 19.8 Å². The van der Waals surface area contributed by atoms with Crippen molar-refractivity contribution in [3.05, 3.63) is 85.0 Å². The molecule has 5 rings (SSSR count). The van der Waals surface area contributed by atoms with Gasteiger partial charge in [0.1, 0.15) is 5.82 Å². The van der Waals surface area contributed by atoms with Crippen molar-refractivity contribution in [2.45, 2.75) is 24.7 Å². The molecule has 1 aliphatic heterocycles. The van der Waals surface area contributed by atoms with Gasteiger partial charge in [0.05, 0.1) is 11.1 Å². The number of hydrogen-bond donors (Lipinski definition) is 4. The largest absolute Gasteiger partial charge is 0.478 e. The molecule has 4 N–H and O–H groups in total. The number of hydrogen-bond acceptors (Lipinski definition) is 5. The Morgan fingerprint density at radius 2 is 1.86 bits per heavy atom. The van der Waals surface area contributed by atoms with Crippen LogP contribution in [0.3, 0.4) is 0 Å². The van der Waals surface area contributed by atoms with Crippen LogP contribution in [0, 0.1) is 0 Å². The van der Waals surface area contributed by atoms with Gasteiger partial charge in [0.2, 0.25) is 0 Å². The van der Waals surface area contributed by atoms with Crippen LogP contribution in [-0.2, 0) is 4.79 Å². The number of aromatic carboxylic acids is 1. The molecule has 1 aromatic carbocycles. The van der Waals surface area contributed by atoms with E-state index in [1.54, 1.807) is 23.5 Å². The third-order valence-electron chi connectivity index (χ3n) is 5.61. The minimum Gasteiger partial charge on any atom is -0.478 e. The number of aromatic amines is 2. The highest BCUT2D eigenvalue weighted by Gasteiger charge is 2.40. The SMILES string of the molecule is O=C1C[C@@H](c2cccs2)CC2=C1[C@H](c1ccc(C(=O)O)cc1)c1c([nH][nH]c1=O)N2. The fraction of sp³-hybridized carbons (Fsp3) is 0.190. The Hall–Kier alpha value is -3.39. The first-order valence-corrected chi connectivity index (χ1v) is 10.1. The molecule has 0 radical (unpaired) electrons. The van der Waals surface area contributed by atoms with E-state index in [0.29, 0.717) is 29.8 Å². The maximum atomic E-state index is 13.2. The molecule has 3 heterocycles. The molecule has 0 spiro atoms. The summed E-state index contributed by atoms with van der Waals surface area (Å²) in [4.78, 5) is 38.1. The van der Waals surface area contributed by atoms with Crippen LogP contribution in [0.5, 0.6) is 0 Å². The van der Waals surface area contributed by atoms with Gasteiger partial charge in [0, 0.05) is 34.4 Å². The molecule has 146 valence electrons.